The first-order valence-corrected chi connectivity index (χ1v) is 10.9. The highest BCUT2D eigenvalue weighted by Gasteiger charge is 2.06. The lowest BCUT2D eigenvalue weighted by molar-refractivity contribution is 0.101. The van der Waals surface area contributed by atoms with Crippen molar-refractivity contribution in [1.29, 1.82) is 0 Å². The first-order valence-electron chi connectivity index (χ1n) is 10.9. The van der Waals surface area contributed by atoms with E-state index >= 15 is 0 Å². The Labute approximate surface area is 182 Å². The smallest absolute Gasteiger partial charge is 0.159 e. The van der Waals surface area contributed by atoms with Crippen molar-refractivity contribution in [3.05, 3.63) is 65.5 Å². The molecule has 0 spiro atoms. The predicted molar refractivity (Wildman–Crippen MR) is 126 cm³/mol. The lowest BCUT2D eigenvalue weighted by Crippen LogP contribution is -1.99. The Morgan fingerprint density at radius 2 is 1.50 bits per heavy atom. The van der Waals surface area contributed by atoms with Crippen LogP contribution in [0.2, 0.25) is 0 Å². The molecule has 0 heterocycles. The van der Waals surface area contributed by atoms with Gasteiger partial charge in [0.2, 0.25) is 0 Å². The molecule has 1 fully saturated rings. The Bertz CT molecular complexity index is 690. The van der Waals surface area contributed by atoms with Gasteiger partial charge in [0.15, 0.2) is 5.78 Å². The number of hydrogen-bond donors (Lipinski definition) is 1. The number of carbonyl (C=O) groups is 2. The van der Waals surface area contributed by atoms with Gasteiger partial charge in [-0.1, -0.05) is 59.3 Å². The van der Waals surface area contributed by atoms with E-state index in [4.69, 9.17) is 0 Å². The summed E-state index contributed by atoms with van der Waals surface area (Å²) in [6.07, 6.45) is 9.37. The summed E-state index contributed by atoms with van der Waals surface area (Å²) in [6.45, 7) is 8.17. The molecule has 0 bridgehead atoms. The quantitative estimate of drug-likeness (QED) is 0.415. The van der Waals surface area contributed by atoms with Crippen molar-refractivity contribution < 1.29 is 14.0 Å². The van der Waals surface area contributed by atoms with Crippen LogP contribution < -0.4 is 5.32 Å². The van der Waals surface area contributed by atoms with Crippen molar-refractivity contribution in [3.8, 4) is 0 Å². The first-order chi connectivity index (χ1) is 14.4. The number of Topliss-reactive ketones (excluding diaryl/α,β-unsaturated/α-hetero) is 1. The second-order valence-electron chi connectivity index (χ2n) is 7.50. The Balaban J connectivity index is 0.000000402. The van der Waals surface area contributed by atoms with Gasteiger partial charge in [-0.05, 0) is 61.4 Å². The third kappa shape index (κ3) is 13.6. The number of aldehydes is 1. The maximum absolute atomic E-state index is 12.1. The van der Waals surface area contributed by atoms with Gasteiger partial charge in [0.1, 0.15) is 12.1 Å². The van der Waals surface area contributed by atoms with Crippen LogP contribution in [0.3, 0.4) is 0 Å². The number of anilines is 1. The van der Waals surface area contributed by atoms with Gasteiger partial charge in [-0.15, -0.1) is 0 Å². The summed E-state index contributed by atoms with van der Waals surface area (Å²) >= 11 is 0. The fraction of sp³-hybridized carbons (Fsp3) is 0.462. The monoisotopic (exact) mass is 415 g/mol. The van der Waals surface area contributed by atoms with Crippen LogP contribution in [0.15, 0.2) is 48.5 Å². The Hall–Kier alpha value is -2.49. The van der Waals surface area contributed by atoms with E-state index in [1.54, 1.807) is 6.92 Å². The molecule has 3 nitrogen and oxygen atoms in total. The number of benzene rings is 2. The van der Waals surface area contributed by atoms with Crippen molar-refractivity contribution in [2.45, 2.75) is 66.2 Å². The van der Waals surface area contributed by atoms with Crippen molar-refractivity contribution in [3.63, 3.8) is 0 Å². The van der Waals surface area contributed by atoms with E-state index in [0.29, 0.717) is 11.8 Å². The molecule has 0 aliphatic heterocycles. The maximum Gasteiger partial charge on any atom is 0.159 e. The molecular weight excluding hydrogens is 377 g/mol. The molecule has 0 atom stereocenters. The van der Waals surface area contributed by atoms with Gasteiger partial charge < -0.3 is 5.32 Å². The Morgan fingerprint density at radius 1 is 1.00 bits per heavy atom. The molecule has 166 valence electrons. The van der Waals surface area contributed by atoms with E-state index in [9.17, 15) is 14.0 Å². The van der Waals surface area contributed by atoms with E-state index < -0.39 is 0 Å². The second-order valence-corrected chi connectivity index (χ2v) is 7.50. The van der Waals surface area contributed by atoms with Crippen LogP contribution in [0.25, 0.3) is 0 Å². The number of halogens is 1. The summed E-state index contributed by atoms with van der Waals surface area (Å²) in [7, 11) is 1.85. The summed E-state index contributed by atoms with van der Waals surface area (Å²) in [5.74, 6) is 0.821. The third-order valence-corrected chi connectivity index (χ3v) is 4.48. The second kappa shape index (κ2) is 17.4. The van der Waals surface area contributed by atoms with E-state index in [0.717, 1.165) is 17.2 Å². The van der Waals surface area contributed by atoms with E-state index in [1.165, 1.54) is 62.8 Å². The minimum absolute atomic E-state index is 0.104. The van der Waals surface area contributed by atoms with Gasteiger partial charge in [-0.2, -0.15) is 0 Å². The van der Waals surface area contributed by atoms with Gasteiger partial charge >= 0.3 is 0 Å². The lowest BCUT2D eigenvalue weighted by atomic mass is 9.91. The van der Waals surface area contributed by atoms with Crippen LogP contribution in [0, 0.1) is 11.7 Å². The average Bonchev–Trinajstić information content (AvgIpc) is 2.76. The van der Waals surface area contributed by atoms with Crippen LogP contribution in [0.5, 0.6) is 0 Å². The first kappa shape index (κ1) is 27.5. The molecule has 0 unspecified atom stereocenters. The topological polar surface area (TPSA) is 46.2 Å². The van der Waals surface area contributed by atoms with E-state index in [1.807, 2.05) is 31.3 Å². The van der Waals surface area contributed by atoms with Gasteiger partial charge in [0.25, 0.3) is 0 Å². The van der Waals surface area contributed by atoms with Crippen LogP contribution in [0.4, 0.5) is 10.1 Å². The molecule has 0 saturated heterocycles. The zero-order chi connectivity index (χ0) is 22.8. The molecule has 2 aromatic carbocycles. The van der Waals surface area contributed by atoms with Gasteiger partial charge in [0, 0.05) is 23.9 Å². The molecule has 30 heavy (non-hydrogen) atoms. The zero-order valence-electron chi connectivity index (χ0n) is 19.2. The van der Waals surface area contributed by atoms with Crippen molar-refractivity contribution in [2.75, 3.05) is 12.4 Å². The summed E-state index contributed by atoms with van der Waals surface area (Å²) in [5, 5.41) is 2.98. The zero-order valence-corrected chi connectivity index (χ0v) is 19.2. The molecule has 1 saturated carbocycles. The molecular formula is C26H38FNO2. The van der Waals surface area contributed by atoms with Gasteiger partial charge in [-0.3, -0.25) is 9.59 Å². The highest BCUT2D eigenvalue weighted by molar-refractivity contribution is 5.94. The minimum atomic E-state index is -0.319. The normalized spacial score (nSPS) is 12.6. The van der Waals surface area contributed by atoms with E-state index in [2.05, 4.69) is 26.1 Å². The van der Waals surface area contributed by atoms with Crippen LogP contribution in [0.1, 0.15) is 86.9 Å². The highest BCUT2D eigenvalue weighted by Crippen LogP contribution is 2.22. The summed E-state index contributed by atoms with van der Waals surface area (Å²) in [5.41, 5.74) is 2.27. The summed E-state index contributed by atoms with van der Waals surface area (Å²) in [6, 6.07) is 12.8. The molecule has 0 aromatic heterocycles. The Morgan fingerprint density at radius 3 is 1.83 bits per heavy atom. The fourth-order valence-corrected chi connectivity index (χ4v) is 2.72. The number of hydrogen-bond acceptors (Lipinski definition) is 3. The predicted octanol–water partition coefficient (Wildman–Crippen LogP) is 7.57. The molecule has 2 aromatic rings. The standard InChI is InChI=1S/C9H11NO.C7H5FO.C7H14.C3H8/c1-7(11)8-3-5-9(10-2)6-4-8;8-7-3-1-6(5-9)2-4-7;1-7-5-3-2-4-6-7;1-3-2/h3-6,10H,1-2H3;1-5H;7H,2-6H2,1H3;3H2,1-2H3. The van der Waals surface area contributed by atoms with Crippen LogP contribution in [-0.4, -0.2) is 19.1 Å². The Kier molecular flexibility index (Phi) is 15.9. The van der Waals surface area contributed by atoms with Crippen molar-refractivity contribution >= 4 is 17.8 Å². The number of nitrogens with one attached hydrogen (secondary N) is 1. The molecule has 1 N–H and O–H groups in total. The third-order valence-electron chi connectivity index (χ3n) is 4.48. The molecule has 3 rings (SSSR count). The maximum atomic E-state index is 12.1. The molecule has 1 aliphatic rings. The van der Waals surface area contributed by atoms with Crippen LogP contribution >= 0.6 is 0 Å². The van der Waals surface area contributed by atoms with E-state index in [-0.39, 0.29) is 11.6 Å². The number of rotatable bonds is 3. The summed E-state index contributed by atoms with van der Waals surface area (Å²) in [4.78, 5) is 20.8. The summed E-state index contributed by atoms with van der Waals surface area (Å²) < 4.78 is 12.1. The largest absolute Gasteiger partial charge is 0.388 e. The lowest BCUT2D eigenvalue weighted by Gasteiger charge is -2.15. The van der Waals surface area contributed by atoms with Crippen LogP contribution in [-0.2, 0) is 0 Å². The molecule has 0 radical (unpaired) electrons. The number of carbonyl (C=O) groups excluding carboxylic acids is 2. The molecule has 4 heteroatoms. The SMILES string of the molecule is CC1CCCCC1.CCC.CNc1ccc(C(C)=O)cc1.O=Cc1ccc(F)cc1. The van der Waals surface area contributed by atoms with Crippen molar-refractivity contribution in [1.82, 2.24) is 0 Å². The average molecular weight is 416 g/mol. The molecule has 0 amide bonds. The van der Waals surface area contributed by atoms with Gasteiger partial charge in [-0.25, -0.2) is 4.39 Å². The highest BCUT2D eigenvalue weighted by atomic mass is 19.1. The molecule has 1 aliphatic carbocycles. The fourth-order valence-electron chi connectivity index (χ4n) is 2.72. The minimum Gasteiger partial charge on any atom is -0.388 e. The van der Waals surface area contributed by atoms with Gasteiger partial charge in [0.05, 0.1) is 0 Å². The number of ketones is 1. The van der Waals surface area contributed by atoms with Crippen molar-refractivity contribution in [2.24, 2.45) is 5.92 Å².